The molecule has 6 heteroatoms. The molecule has 1 aromatic heterocycles. The van der Waals surface area contributed by atoms with Gasteiger partial charge in [0.15, 0.2) is 0 Å². The quantitative estimate of drug-likeness (QED) is 0.590. The van der Waals surface area contributed by atoms with E-state index < -0.39 is 0 Å². The molecule has 0 aliphatic carbocycles. The molecule has 1 aliphatic heterocycles. The highest BCUT2D eigenvalue weighted by atomic mass is 79.9. The van der Waals surface area contributed by atoms with Gasteiger partial charge in [0.25, 0.3) is 0 Å². The zero-order chi connectivity index (χ0) is 19.6. The predicted molar refractivity (Wildman–Crippen MR) is 117 cm³/mol. The van der Waals surface area contributed by atoms with Crippen LogP contribution in [0.2, 0.25) is 5.02 Å². The Balaban J connectivity index is 1.92. The van der Waals surface area contributed by atoms with Gasteiger partial charge in [-0.3, -0.25) is 0 Å². The Hall–Kier alpha value is -1.30. The zero-order valence-corrected chi connectivity index (χ0v) is 18.7. The number of anilines is 2. The van der Waals surface area contributed by atoms with E-state index in [0.29, 0.717) is 10.9 Å². The predicted octanol–water partition coefficient (Wildman–Crippen LogP) is 6.15. The summed E-state index contributed by atoms with van der Waals surface area (Å²) in [6.45, 7) is 8.58. The van der Waals surface area contributed by atoms with Crippen molar-refractivity contribution in [2.24, 2.45) is 0 Å². The van der Waals surface area contributed by atoms with Gasteiger partial charge in [-0.2, -0.15) is 0 Å². The molecule has 0 atom stereocenters. The fourth-order valence-corrected chi connectivity index (χ4v) is 3.96. The highest BCUT2D eigenvalue weighted by molar-refractivity contribution is 9.10. The Labute approximate surface area is 175 Å². The Kier molecular flexibility index (Phi) is 6.66. The summed E-state index contributed by atoms with van der Waals surface area (Å²) >= 11 is 9.51. The van der Waals surface area contributed by atoms with Crippen LogP contribution in [0.1, 0.15) is 43.7 Å². The number of aryl methyl sites for hydroxylation is 1. The van der Waals surface area contributed by atoms with E-state index >= 15 is 0 Å². The normalized spacial score (nSPS) is 16.0. The van der Waals surface area contributed by atoms with Crippen molar-refractivity contribution in [2.75, 3.05) is 25.5 Å². The second kappa shape index (κ2) is 8.80. The van der Waals surface area contributed by atoms with Gasteiger partial charge in [-0.15, -0.1) is 0 Å². The van der Waals surface area contributed by atoms with Crippen molar-refractivity contribution in [1.29, 1.82) is 0 Å². The highest BCUT2D eigenvalue weighted by Gasteiger charge is 2.22. The molecule has 0 spiro atoms. The van der Waals surface area contributed by atoms with Crippen LogP contribution < -0.4 is 10.1 Å². The van der Waals surface area contributed by atoms with Crippen LogP contribution in [0.5, 0.6) is 5.75 Å². The minimum Gasteiger partial charge on any atom is -0.489 e. The lowest BCUT2D eigenvalue weighted by Crippen LogP contribution is -2.29. The molecule has 1 N–H and O–H groups in total. The molecular formula is C21H27BrClN3O. The monoisotopic (exact) mass is 451 g/mol. The molecule has 1 aliphatic rings. The molecule has 0 radical (unpaired) electrons. The summed E-state index contributed by atoms with van der Waals surface area (Å²) in [6, 6.07) is 6.27. The van der Waals surface area contributed by atoms with E-state index in [0.717, 1.165) is 34.8 Å². The number of pyridine rings is 1. The molecule has 1 fully saturated rings. The van der Waals surface area contributed by atoms with Gasteiger partial charge in [0.1, 0.15) is 11.6 Å². The number of piperidine rings is 1. The highest BCUT2D eigenvalue weighted by Crippen LogP contribution is 2.38. The minimum atomic E-state index is 0.100. The van der Waals surface area contributed by atoms with Gasteiger partial charge >= 0.3 is 0 Å². The number of aromatic nitrogens is 1. The molecule has 0 amide bonds. The van der Waals surface area contributed by atoms with E-state index in [1.54, 1.807) is 6.20 Å². The van der Waals surface area contributed by atoms with Gasteiger partial charge in [-0.1, -0.05) is 11.6 Å². The first-order chi connectivity index (χ1) is 12.8. The third kappa shape index (κ3) is 5.15. The Morgan fingerprint density at radius 1 is 1.26 bits per heavy atom. The molecule has 4 nitrogen and oxygen atoms in total. The number of halogens is 2. The number of hydrogen-bond acceptors (Lipinski definition) is 4. The summed E-state index contributed by atoms with van der Waals surface area (Å²) in [4.78, 5) is 6.77. The van der Waals surface area contributed by atoms with Crippen molar-refractivity contribution in [1.82, 2.24) is 9.88 Å². The largest absolute Gasteiger partial charge is 0.489 e. The van der Waals surface area contributed by atoms with E-state index in [9.17, 15) is 0 Å². The number of rotatable bonds is 5. The average molecular weight is 453 g/mol. The van der Waals surface area contributed by atoms with Crippen LogP contribution in [0.15, 0.2) is 28.9 Å². The van der Waals surface area contributed by atoms with Crippen molar-refractivity contribution in [3.8, 4) is 5.75 Å². The van der Waals surface area contributed by atoms with Crippen LogP contribution in [0, 0.1) is 6.92 Å². The van der Waals surface area contributed by atoms with Gasteiger partial charge in [0, 0.05) is 10.7 Å². The number of nitrogens with zero attached hydrogens (tertiary/aromatic N) is 2. The average Bonchev–Trinajstić information content (AvgIpc) is 2.61. The number of nitrogens with one attached hydrogen (secondary N) is 1. The van der Waals surface area contributed by atoms with Gasteiger partial charge in [-0.25, -0.2) is 4.98 Å². The minimum absolute atomic E-state index is 0.100. The van der Waals surface area contributed by atoms with E-state index in [2.05, 4.69) is 71.1 Å². The fraction of sp³-hybridized carbons (Fsp3) is 0.476. The van der Waals surface area contributed by atoms with Crippen LogP contribution in [-0.2, 0) is 0 Å². The van der Waals surface area contributed by atoms with Crippen LogP contribution in [-0.4, -0.2) is 36.1 Å². The third-order valence-corrected chi connectivity index (χ3v) is 6.15. The van der Waals surface area contributed by atoms with Crippen molar-refractivity contribution in [2.45, 2.75) is 45.6 Å². The van der Waals surface area contributed by atoms with Gasteiger partial charge in [0.05, 0.1) is 16.8 Å². The third-order valence-electron chi connectivity index (χ3n) is 4.96. The van der Waals surface area contributed by atoms with Crippen molar-refractivity contribution < 1.29 is 4.74 Å². The molecule has 27 heavy (non-hydrogen) atoms. The molecule has 1 saturated heterocycles. The number of ether oxygens (including phenoxy) is 1. The number of likely N-dealkylation sites (tertiary alicyclic amines) is 1. The molecule has 2 heterocycles. The van der Waals surface area contributed by atoms with E-state index in [1.165, 1.54) is 24.0 Å². The topological polar surface area (TPSA) is 37.4 Å². The van der Waals surface area contributed by atoms with Crippen molar-refractivity contribution in [3.63, 3.8) is 0 Å². The zero-order valence-electron chi connectivity index (χ0n) is 16.4. The molecule has 1 aromatic carbocycles. The second-order valence-corrected chi connectivity index (χ2v) is 8.82. The molecule has 146 valence electrons. The maximum Gasteiger partial charge on any atom is 0.143 e. The van der Waals surface area contributed by atoms with Crippen molar-refractivity contribution in [3.05, 3.63) is 45.0 Å². The summed E-state index contributed by atoms with van der Waals surface area (Å²) in [6.07, 6.45) is 4.12. The SMILES string of the molecule is Cc1cc(Nc2cc(Br)c(Cl)cn2)c(OC(C)C)cc1C1CCN(C)CC1. The molecule has 2 aromatic rings. The Morgan fingerprint density at radius 3 is 2.59 bits per heavy atom. The number of benzene rings is 1. The molecule has 0 unspecified atom stereocenters. The lowest BCUT2D eigenvalue weighted by atomic mass is 9.86. The maximum atomic E-state index is 6.14. The van der Waals surface area contributed by atoms with Gasteiger partial charge in [-0.05, 0) is 105 Å². The maximum absolute atomic E-state index is 6.14. The van der Waals surface area contributed by atoms with E-state index in [4.69, 9.17) is 16.3 Å². The van der Waals surface area contributed by atoms with Gasteiger partial charge < -0.3 is 15.0 Å². The lowest BCUT2D eigenvalue weighted by molar-refractivity contribution is 0.241. The molecular weight excluding hydrogens is 426 g/mol. The summed E-state index contributed by atoms with van der Waals surface area (Å²) in [7, 11) is 2.20. The Bertz CT molecular complexity index is 804. The second-order valence-electron chi connectivity index (χ2n) is 7.56. The van der Waals surface area contributed by atoms with Crippen molar-refractivity contribution >= 4 is 39.0 Å². The lowest BCUT2D eigenvalue weighted by Gasteiger charge is -2.30. The molecule has 0 bridgehead atoms. The van der Waals surface area contributed by atoms with Crippen LogP contribution in [0.4, 0.5) is 11.5 Å². The first kappa shape index (κ1) is 20.4. The Morgan fingerprint density at radius 2 is 1.96 bits per heavy atom. The van der Waals surface area contributed by atoms with E-state index in [1.807, 2.05) is 6.07 Å². The molecule has 3 rings (SSSR count). The van der Waals surface area contributed by atoms with Crippen LogP contribution in [0.3, 0.4) is 0 Å². The standard InChI is InChI=1S/C21H27BrClN3O/c1-13(2)27-20-10-16(15-5-7-26(4)8-6-15)14(3)9-19(20)25-21-11-17(22)18(23)12-24-21/h9-13,15H,5-8H2,1-4H3,(H,24,25). The number of hydrogen-bond donors (Lipinski definition) is 1. The van der Waals surface area contributed by atoms with Crippen LogP contribution >= 0.6 is 27.5 Å². The fourth-order valence-electron chi connectivity index (χ4n) is 3.53. The summed E-state index contributed by atoms with van der Waals surface area (Å²) in [5.41, 5.74) is 3.62. The smallest absolute Gasteiger partial charge is 0.143 e. The van der Waals surface area contributed by atoms with E-state index in [-0.39, 0.29) is 6.10 Å². The first-order valence-corrected chi connectivity index (χ1v) is 10.6. The summed E-state index contributed by atoms with van der Waals surface area (Å²) in [5, 5.41) is 3.98. The first-order valence-electron chi connectivity index (χ1n) is 9.41. The summed E-state index contributed by atoms with van der Waals surface area (Å²) < 4.78 is 6.95. The molecule has 0 saturated carbocycles. The van der Waals surface area contributed by atoms with Gasteiger partial charge in [0.2, 0.25) is 0 Å². The summed E-state index contributed by atoms with van der Waals surface area (Å²) in [5.74, 6) is 2.19. The van der Waals surface area contributed by atoms with Crippen LogP contribution in [0.25, 0.3) is 0 Å².